The number of hydrogen-bond acceptors (Lipinski definition) is 11. The van der Waals surface area contributed by atoms with Crippen LogP contribution in [0.15, 0.2) is 0 Å². The molecule has 0 aromatic rings. The van der Waals surface area contributed by atoms with Crippen molar-refractivity contribution in [3.05, 3.63) is 0 Å². The first-order valence-electron chi connectivity index (χ1n) is 25.1. The van der Waals surface area contributed by atoms with Gasteiger partial charge in [-0.1, -0.05) is 20.8 Å². The average Bonchev–Trinajstić information content (AvgIpc) is 3.36. The zero-order chi connectivity index (χ0) is 49.0. The van der Waals surface area contributed by atoms with E-state index in [4.69, 9.17) is 14.2 Å². The van der Waals surface area contributed by atoms with Gasteiger partial charge < -0.3 is 39.5 Å². The highest BCUT2D eigenvalue weighted by atomic mass is 16.5. The molecule has 3 aliphatic heterocycles. The zero-order valence-electron chi connectivity index (χ0n) is 45.6. The molecule has 0 spiro atoms. The molecule has 1 unspecified atom stereocenters. The van der Waals surface area contributed by atoms with Crippen LogP contribution in [0.5, 0.6) is 0 Å². The van der Waals surface area contributed by atoms with Crippen molar-refractivity contribution < 1.29 is 23.8 Å². The number of piperazine rings is 2. The predicted octanol–water partition coefficient (Wildman–Crippen LogP) is 6.69. The Morgan fingerprint density at radius 3 is 1.52 bits per heavy atom. The molecule has 0 radical (unpaired) electrons. The molecule has 0 aromatic carbocycles. The second-order valence-corrected chi connectivity index (χ2v) is 24.8. The van der Waals surface area contributed by atoms with Crippen LogP contribution < -0.4 is 10.6 Å². The molecule has 3 aliphatic rings. The lowest BCUT2D eigenvalue weighted by molar-refractivity contribution is -0.142. The van der Waals surface area contributed by atoms with Gasteiger partial charge in [-0.25, -0.2) is 0 Å². The average molecular weight is 911 g/mol. The number of ether oxygens (including phenoxy) is 3. The fourth-order valence-corrected chi connectivity index (χ4v) is 7.46. The molecular formula is C51H106N8O5. The maximum atomic E-state index is 12.1. The summed E-state index contributed by atoms with van der Waals surface area (Å²) in [6.07, 6.45) is 4.00. The van der Waals surface area contributed by atoms with Gasteiger partial charge in [-0.15, -0.1) is 0 Å². The summed E-state index contributed by atoms with van der Waals surface area (Å²) in [5, 5.41) is 6.62. The zero-order valence-corrected chi connectivity index (χ0v) is 45.6. The molecule has 3 fully saturated rings. The minimum atomic E-state index is -0.262. The summed E-state index contributed by atoms with van der Waals surface area (Å²) in [6.45, 7) is 59.4. The van der Waals surface area contributed by atoms with Crippen molar-refractivity contribution in [2.24, 2.45) is 5.41 Å². The molecular weight excluding hydrogens is 805 g/mol. The lowest BCUT2D eigenvalue weighted by Crippen LogP contribution is -2.54. The van der Waals surface area contributed by atoms with E-state index in [9.17, 15) is 9.59 Å². The third kappa shape index (κ3) is 34.0. The standard InChI is InChI=1S/C18H39N3.C17H35N3O2.C16H32N2O3/c1-17(2,3)9-7-11-20-12-8-13-21(16-15-20)14-10-19-18(4,5)6;1-14(13-22-17(5,6)7)20-10-8-19(9-11-20)12-15(21)18-16(2,3)4;1-15(2,3)20-12-11-17-7-9-18(10-8-17)14(19)13-21-16(4,5)6/h19H,7-16H2,1-6H3;14H,8-13H2,1-7H3,(H,18,21);7-13H2,1-6H3. The third-order valence-electron chi connectivity index (χ3n) is 11.1. The Kier molecular flexibility index (Phi) is 26.7. The van der Waals surface area contributed by atoms with E-state index in [0.717, 1.165) is 78.7 Å². The minimum Gasteiger partial charge on any atom is -0.375 e. The Morgan fingerprint density at radius 1 is 0.547 bits per heavy atom. The predicted molar refractivity (Wildman–Crippen MR) is 269 cm³/mol. The van der Waals surface area contributed by atoms with Crippen LogP contribution in [0.1, 0.15) is 151 Å². The summed E-state index contributed by atoms with van der Waals surface area (Å²) in [5.41, 5.74) is 0.143. The first-order valence-corrected chi connectivity index (χ1v) is 25.1. The van der Waals surface area contributed by atoms with Crippen LogP contribution in [0.4, 0.5) is 0 Å². The minimum absolute atomic E-state index is 0.0813. The summed E-state index contributed by atoms with van der Waals surface area (Å²) in [7, 11) is 0. The molecule has 2 N–H and O–H groups in total. The van der Waals surface area contributed by atoms with Crippen LogP contribution in [0.2, 0.25) is 0 Å². The molecule has 0 aliphatic carbocycles. The van der Waals surface area contributed by atoms with Crippen LogP contribution in [0, 0.1) is 5.41 Å². The van der Waals surface area contributed by atoms with Gasteiger partial charge in [0.25, 0.3) is 0 Å². The Bertz CT molecular complexity index is 1230. The third-order valence-corrected chi connectivity index (χ3v) is 11.1. The smallest absolute Gasteiger partial charge is 0.248 e. The molecule has 2 amide bonds. The van der Waals surface area contributed by atoms with E-state index in [-0.39, 0.29) is 46.3 Å². The largest absolute Gasteiger partial charge is 0.375 e. The summed E-state index contributed by atoms with van der Waals surface area (Å²) < 4.78 is 17.2. The van der Waals surface area contributed by atoms with E-state index in [0.29, 0.717) is 18.0 Å². The van der Waals surface area contributed by atoms with Crippen LogP contribution in [-0.4, -0.2) is 206 Å². The van der Waals surface area contributed by atoms with Gasteiger partial charge in [0.1, 0.15) is 6.61 Å². The Labute approximate surface area is 395 Å². The maximum Gasteiger partial charge on any atom is 0.248 e. The molecule has 1 atom stereocenters. The number of carbonyl (C=O) groups excluding carboxylic acids is 2. The number of nitrogens with one attached hydrogen (secondary N) is 2. The van der Waals surface area contributed by atoms with Crippen molar-refractivity contribution >= 4 is 11.8 Å². The van der Waals surface area contributed by atoms with Gasteiger partial charge in [-0.3, -0.25) is 24.3 Å². The highest BCUT2D eigenvalue weighted by Gasteiger charge is 2.26. The lowest BCUT2D eigenvalue weighted by atomic mass is 9.90. The van der Waals surface area contributed by atoms with E-state index >= 15 is 0 Å². The molecule has 0 saturated carbocycles. The molecule has 0 bridgehead atoms. The molecule has 3 rings (SSSR count). The molecule has 380 valence electrons. The van der Waals surface area contributed by atoms with Gasteiger partial charge in [0.2, 0.25) is 11.8 Å². The Hall–Kier alpha value is -1.42. The van der Waals surface area contributed by atoms with Crippen molar-refractivity contribution in [1.29, 1.82) is 0 Å². The Balaban J connectivity index is 0.000000480. The summed E-state index contributed by atoms with van der Waals surface area (Å²) in [6, 6.07) is 0.421. The highest BCUT2D eigenvalue weighted by Crippen LogP contribution is 2.21. The van der Waals surface area contributed by atoms with Gasteiger partial charge in [0.15, 0.2) is 0 Å². The Morgan fingerprint density at radius 2 is 1.03 bits per heavy atom. The van der Waals surface area contributed by atoms with Gasteiger partial charge in [0, 0.05) is 102 Å². The fourth-order valence-electron chi connectivity index (χ4n) is 7.46. The lowest BCUT2D eigenvalue weighted by Gasteiger charge is -2.38. The van der Waals surface area contributed by atoms with Gasteiger partial charge in [-0.05, 0) is 155 Å². The van der Waals surface area contributed by atoms with Crippen molar-refractivity contribution in [3.63, 3.8) is 0 Å². The van der Waals surface area contributed by atoms with Crippen LogP contribution in [0.25, 0.3) is 0 Å². The van der Waals surface area contributed by atoms with Crippen molar-refractivity contribution in [1.82, 2.24) is 40.0 Å². The van der Waals surface area contributed by atoms with E-state index < -0.39 is 0 Å². The molecule has 13 heteroatoms. The van der Waals surface area contributed by atoms with Crippen molar-refractivity contribution in [3.8, 4) is 0 Å². The van der Waals surface area contributed by atoms with Gasteiger partial charge in [0.05, 0.1) is 36.6 Å². The maximum absolute atomic E-state index is 12.1. The molecule has 3 saturated heterocycles. The second kappa shape index (κ2) is 28.2. The first-order chi connectivity index (χ1) is 29.2. The topological polar surface area (TPSA) is 105 Å². The molecule has 64 heavy (non-hydrogen) atoms. The van der Waals surface area contributed by atoms with E-state index in [1.807, 2.05) is 46.4 Å². The summed E-state index contributed by atoms with van der Waals surface area (Å²) >= 11 is 0. The van der Waals surface area contributed by atoms with E-state index in [1.165, 1.54) is 58.5 Å². The van der Waals surface area contributed by atoms with Gasteiger partial charge in [-0.2, -0.15) is 0 Å². The normalized spacial score (nSPS) is 19.3. The first kappa shape index (κ1) is 60.6. The monoisotopic (exact) mass is 911 g/mol. The van der Waals surface area contributed by atoms with Crippen molar-refractivity contribution in [2.75, 3.05) is 131 Å². The fraction of sp³-hybridized carbons (Fsp3) is 0.961. The van der Waals surface area contributed by atoms with Crippen molar-refractivity contribution in [2.45, 2.75) is 185 Å². The number of carbonyl (C=O) groups is 2. The quantitative estimate of drug-likeness (QED) is 0.173. The molecule has 0 aromatic heterocycles. The second-order valence-electron chi connectivity index (χ2n) is 24.8. The van der Waals surface area contributed by atoms with Gasteiger partial charge >= 0.3 is 0 Å². The summed E-state index contributed by atoms with van der Waals surface area (Å²) in [5.74, 6) is 0.209. The van der Waals surface area contributed by atoms with Crippen LogP contribution in [0.3, 0.4) is 0 Å². The van der Waals surface area contributed by atoms with E-state index in [2.05, 4.69) is 125 Å². The van der Waals surface area contributed by atoms with E-state index in [1.54, 1.807) is 0 Å². The van der Waals surface area contributed by atoms with Crippen LogP contribution >= 0.6 is 0 Å². The summed E-state index contributed by atoms with van der Waals surface area (Å²) in [4.78, 5) is 38.2. The number of amides is 2. The highest BCUT2D eigenvalue weighted by molar-refractivity contribution is 5.78. The number of hydrogen-bond donors (Lipinski definition) is 2. The number of rotatable bonds is 16. The molecule has 13 nitrogen and oxygen atoms in total. The van der Waals surface area contributed by atoms with Crippen LogP contribution in [-0.2, 0) is 23.8 Å². The molecule has 3 heterocycles. The SMILES string of the molecule is CC(C)(C)CCCN1CCCN(CCNC(C)(C)C)CC1.CC(C)(C)OCCN1CCN(C(=O)COC(C)(C)C)CC1.CC(COC(C)(C)C)N1CCN(CC(=O)NC(C)(C)C)CC1. The number of nitrogens with zero attached hydrogens (tertiary/aromatic N) is 6.